The molecule has 5 heteroatoms. The van der Waals surface area contributed by atoms with Gasteiger partial charge >= 0.3 is 6.09 Å². The summed E-state index contributed by atoms with van der Waals surface area (Å²) in [5.41, 5.74) is 1.99. The van der Waals surface area contributed by atoms with E-state index in [-0.39, 0.29) is 12.5 Å². The third-order valence-corrected chi connectivity index (χ3v) is 3.62. The van der Waals surface area contributed by atoms with Gasteiger partial charge in [0.2, 0.25) is 0 Å². The van der Waals surface area contributed by atoms with Crippen LogP contribution in [-0.4, -0.2) is 30.0 Å². The summed E-state index contributed by atoms with van der Waals surface area (Å²) in [6, 6.07) is 16.3. The highest BCUT2D eigenvalue weighted by Gasteiger charge is 2.13. The van der Waals surface area contributed by atoms with Crippen LogP contribution < -0.4 is 5.32 Å². The molecule has 0 aromatic heterocycles. The summed E-state index contributed by atoms with van der Waals surface area (Å²) in [6.07, 6.45) is -0.550. The van der Waals surface area contributed by atoms with Crippen LogP contribution in [0.5, 0.6) is 0 Å². The van der Waals surface area contributed by atoms with Gasteiger partial charge in [-0.3, -0.25) is 10.1 Å². The SMILES string of the molecule is CCN(CC)C(=O)c1cccc(NC(=O)OCc2ccccc2)c1. The van der Waals surface area contributed by atoms with Crippen molar-refractivity contribution in [2.45, 2.75) is 20.5 Å². The minimum absolute atomic E-state index is 0.0543. The monoisotopic (exact) mass is 326 g/mol. The lowest BCUT2D eigenvalue weighted by Crippen LogP contribution is -2.30. The summed E-state index contributed by atoms with van der Waals surface area (Å²) < 4.78 is 5.18. The molecule has 0 unspecified atom stereocenters. The molecule has 0 radical (unpaired) electrons. The van der Waals surface area contributed by atoms with Crippen molar-refractivity contribution < 1.29 is 14.3 Å². The third kappa shape index (κ3) is 4.84. The molecule has 126 valence electrons. The molecule has 0 aliphatic carbocycles. The Morgan fingerprint density at radius 2 is 1.71 bits per heavy atom. The van der Waals surface area contributed by atoms with Crippen molar-refractivity contribution >= 4 is 17.7 Å². The summed E-state index contributed by atoms with van der Waals surface area (Å²) in [5.74, 6) is -0.0543. The third-order valence-electron chi connectivity index (χ3n) is 3.62. The maximum atomic E-state index is 12.3. The van der Waals surface area contributed by atoms with Gasteiger partial charge in [0.05, 0.1) is 0 Å². The molecule has 5 nitrogen and oxygen atoms in total. The Hall–Kier alpha value is -2.82. The molecule has 2 aromatic carbocycles. The van der Waals surface area contributed by atoms with Crippen molar-refractivity contribution in [1.29, 1.82) is 0 Å². The number of carbonyl (C=O) groups excluding carboxylic acids is 2. The van der Waals surface area contributed by atoms with E-state index in [2.05, 4.69) is 5.32 Å². The normalized spacial score (nSPS) is 10.1. The van der Waals surface area contributed by atoms with E-state index in [4.69, 9.17) is 4.74 Å². The van der Waals surface area contributed by atoms with Crippen LogP contribution in [0.1, 0.15) is 29.8 Å². The second-order valence-corrected chi connectivity index (χ2v) is 5.24. The van der Waals surface area contributed by atoms with Gasteiger partial charge in [-0.05, 0) is 37.6 Å². The van der Waals surface area contributed by atoms with Gasteiger partial charge in [0.15, 0.2) is 0 Å². The van der Waals surface area contributed by atoms with E-state index < -0.39 is 6.09 Å². The smallest absolute Gasteiger partial charge is 0.411 e. The number of nitrogens with one attached hydrogen (secondary N) is 1. The molecule has 2 amide bonds. The zero-order chi connectivity index (χ0) is 17.4. The average Bonchev–Trinajstić information content (AvgIpc) is 2.62. The highest BCUT2D eigenvalue weighted by Crippen LogP contribution is 2.13. The highest BCUT2D eigenvalue weighted by molar-refractivity contribution is 5.96. The van der Waals surface area contributed by atoms with Crippen LogP contribution in [0.4, 0.5) is 10.5 Å². The second-order valence-electron chi connectivity index (χ2n) is 5.24. The summed E-state index contributed by atoms with van der Waals surface area (Å²) in [6.45, 7) is 5.36. The number of nitrogens with zero attached hydrogens (tertiary/aromatic N) is 1. The van der Waals surface area contributed by atoms with E-state index in [1.807, 2.05) is 44.2 Å². The largest absolute Gasteiger partial charge is 0.444 e. The standard InChI is InChI=1S/C19H22N2O3/c1-3-21(4-2)18(22)16-11-8-12-17(13-16)20-19(23)24-14-15-9-6-5-7-10-15/h5-13H,3-4,14H2,1-2H3,(H,20,23). The van der Waals surface area contributed by atoms with Gasteiger partial charge in [-0.15, -0.1) is 0 Å². The predicted octanol–water partition coefficient (Wildman–Crippen LogP) is 3.92. The maximum Gasteiger partial charge on any atom is 0.411 e. The van der Waals surface area contributed by atoms with Crippen LogP contribution >= 0.6 is 0 Å². The Bertz CT molecular complexity index is 682. The molecule has 0 spiro atoms. The van der Waals surface area contributed by atoms with Crippen molar-refractivity contribution in [3.05, 3.63) is 65.7 Å². The van der Waals surface area contributed by atoms with Crippen molar-refractivity contribution in [3.8, 4) is 0 Å². The quantitative estimate of drug-likeness (QED) is 0.875. The Morgan fingerprint density at radius 3 is 2.38 bits per heavy atom. The van der Waals surface area contributed by atoms with E-state index in [0.29, 0.717) is 24.3 Å². The fraction of sp³-hybridized carbons (Fsp3) is 0.263. The van der Waals surface area contributed by atoms with E-state index in [1.165, 1.54) is 0 Å². The average molecular weight is 326 g/mol. The van der Waals surface area contributed by atoms with E-state index >= 15 is 0 Å². The number of rotatable bonds is 6. The van der Waals surface area contributed by atoms with Gasteiger partial charge < -0.3 is 9.64 Å². The molecule has 0 saturated heterocycles. The molecule has 2 rings (SSSR count). The predicted molar refractivity (Wildman–Crippen MR) is 93.9 cm³/mol. The lowest BCUT2D eigenvalue weighted by molar-refractivity contribution is 0.0773. The van der Waals surface area contributed by atoms with Crippen molar-refractivity contribution in [1.82, 2.24) is 4.90 Å². The molecule has 2 aromatic rings. The maximum absolute atomic E-state index is 12.3. The van der Waals surface area contributed by atoms with Crippen molar-refractivity contribution in [2.75, 3.05) is 18.4 Å². The van der Waals surface area contributed by atoms with Crippen molar-refractivity contribution in [3.63, 3.8) is 0 Å². The summed E-state index contributed by atoms with van der Waals surface area (Å²) in [7, 11) is 0. The number of ether oxygens (including phenoxy) is 1. The first-order valence-corrected chi connectivity index (χ1v) is 8.01. The first kappa shape index (κ1) is 17.5. The van der Waals surface area contributed by atoms with E-state index in [1.54, 1.807) is 29.2 Å². The van der Waals surface area contributed by atoms with E-state index in [0.717, 1.165) is 5.56 Å². The Kier molecular flexibility index (Phi) is 6.37. The summed E-state index contributed by atoms with van der Waals surface area (Å²) >= 11 is 0. The molecule has 0 saturated carbocycles. The van der Waals surface area contributed by atoms with Crippen molar-refractivity contribution in [2.24, 2.45) is 0 Å². The van der Waals surface area contributed by atoms with Crippen LogP contribution in [0, 0.1) is 0 Å². The Labute approximate surface area is 142 Å². The lowest BCUT2D eigenvalue weighted by atomic mass is 10.1. The van der Waals surface area contributed by atoms with Gasteiger partial charge in [-0.25, -0.2) is 4.79 Å². The van der Waals surface area contributed by atoms with Crippen LogP contribution in [-0.2, 0) is 11.3 Å². The molecular weight excluding hydrogens is 304 g/mol. The minimum Gasteiger partial charge on any atom is -0.444 e. The number of benzene rings is 2. The fourth-order valence-electron chi connectivity index (χ4n) is 2.30. The minimum atomic E-state index is -0.550. The molecule has 0 aliphatic rings. The van der Waals surface area contributed by atoms with Gasteiger partial charge in [-0.2, -0.15) is 0 Å². The van der Waals surface area contributed by atoms with Gasteiger partial charge in [0, 0.05) is 24.3 Å². The van der Waals surface area contributed by atoms with Crippen LogP contribution in [0.2, 0.25) is 0 Å². The highest BCUT2D eigenvalue weighted by atomic mass is 16.5. The fourth-order valence-corrected chi connectivity index (χ4v) is 2.30. The molecule has 0 fully saturated rings. The lowest BCUT2D eigenvalue weighted by Gasteiger charge is -2.19. The number of hydrogen-bond acceptors (Lipinski definition) is 3. The van der Waals surface area contributed by atoms with Gasteiger partial charge in [0.25, 0.3) is 5.91 Å². The zero-order valence-electron chi connectivity index (χ0n) is 14.0. The molecule has 0 bridgehead atoms. The van der Waals surface area contributed by atoms with Crippen LogP contribution in [0.3, 0.4) is 0 Å². The second kappa shape index (κ2) is 8.72. The number of hydrogen-bond donors (Lipinski definition) is 1. The Morgan fingerprint density at radius 1 is 1.00 bits per heavy atom. The number of amides is 2. The molecule has 24 heavy (non-hydrogen) atoms. The Balaban J connectivity index is 1.96. The summed E-state index contributed by atoms with van der Waals surface area (Å²) in [5, 5.41) is 2.65. The van der Waals surface area contributed by atoms with Gasteiger partial charge in [0.1, 0.15) is 6.61 Å². The zero-order valence-corrected chi connectivity index (χ0v) is 14.0. The van der Waals surface area contributed by atoms with Gasteiger partial charge in [-0.1, -0.05) is 36.4 Å². The molecule has 0 heterocycles. The molecular formula is C19H22N2O3. The number of carbonyl (C=O) groups is 2. The number of anilines is 1. The summed E-state index contributed by atoms with van der Waals surface area (Å²) in [4.78, 5) is 26.0. The first-order valence-electron chi connectivity index (χ1n) is 8.01. The van der Waals surface area contributed by atoms with Crippen LogP contribution in [0.15, 0.2) is 54.6 Å². The molecule has 0 aliphatic heterocycles. The molecule has 1 N–H and O–H groups in total. The topological polar surface area (TPSA) is 58.6 Å². The first-order chi connectivity index (χ1) is 11.6. The van der Waals surface area contributed by atoms with Crippen LogP contribution in [0.25, 0.3) is 0 Å². The van der Waals surface area contributed by atoms with E-state index in [9.17, 15) is 9.59 Å². The molecule has 0 atom stereocenters.